The minimum Gasteiger partial charge on any atom is -0.508 e. The Morgan fingerprint density at radius 2 is 1.72 bits per heavy atom. The Morgan fingerprint density at radius 3 is 2.38 bits per heavy atom. The maximum Gasteiger partial charge on any atom is 0.410 e. The number of benzene rings is 2. The minimum absolute atomic E-state index is 0.175. The molecule has 0 heterocycles. The zero-order valence-corrected chi connectivity index (χ0v) is 17.5. The van der Waals surface area contributed by atoms with E-state index >= 15 is 0 Å². The van der Waals surface area contributed by atoms with Crippen LogP contribution in [-0.2, 0) is 33.7 Å². The molecule has 0 aliphatic heterocycles. The number of carbonyl (C=O) groups is 2. The standard InChI is InChI=1S/C23H29NO5/c1-23(2,3)29-22(27)24(13-12-19-10-5-6-11-20(19)25)16-18-9-7-8-17(14-18)15-21(26)28-4/h5-11,14,25H,12-13,15-16H2,1-4H3. The van der Waals surface area contributed by atoms with Crippen molar-refractivity contribution in [2.24, 2.45) is 0 Å². The number of hydrogen-bond acceptors (Lipinski definition) is 5. The summed E-state index contributed by atoms with van der Waals surface area (Å²) >= 11 is 0. The number of ether oxygens (including phenoxy) is 2. The highest BCUT2D eigenvalue weighted by Crippen LogP contribution is 2.19. The van der Waals surface area contributed by atoms with Crippen molar-refractivity contribution in [3.05, 3.63) is 65.2 Å². The summed E-state index contributed by atoms with van der Waals surface area (Å²) in [7, 11) is 1.36. The number of aromatic hydroxyl groups is 1. The molecule has 2 rings (SSSR count). The zero-order valence-electron chi connectivity index (χ0n) is 17.5. The molecule has 0 saturated heterocycles. The Labute approximate surface area is 172 Å². The van der Waals surface area contributed by atoms with Gasteiger partial charge in [-0.05, 0) is 49.9 Å². The van der Waals surface area contributed by atoms with Gasteiger partial charge >= 0.3 is 12.1 Å². The number of rotatable bonds is 7. The van der Waals surface area contributed by atoms with Crippen LogP contribution < -0.4 is 0 Å². The lowest BCUT2D eigenvalue weighted by molar-refractivity contribution is -0.139. The maximum absolute atomic E-state index is 12.7. The third kappa shape index (κ3) is 7.49. The molecule has 156 valence electrons. The number of amides is 1. The maximum atomic E-state index is 12.7. The Bertz CT molecular complexity index is 841. The summed E-state index contributed by atoms with van der Waals surface area (Å²) in [4.78, 5) is 25.9. The van der Waals surface area contributed by atoms with Crippen molar-refractivity contribution >= 4 is 12.1 Å². The van der Waals surface area contributed by atoms with Gasteiger partial charge in [0, 0.05) is 13.1 Å². The molecule has 6 heteroatoms. The molecule has 0 bridgehead atoms. The van der Waals surface area contributed by atoms with Gasteiger partial charge < -0.3 is 19.5 Å². The molecule has 2 aromatic rings. The summed E-state index contributed by atoms with van der Waals surface area (Å²) in [6.07, 6.45) is 0.244. The molecular weight excluding hydrogens is 370 g/mol. The van der Waals surface area contributed by atoms with E-state index in [1.165, 1.54) is 7.11 Å². The van der Waals surface area contributed by atoms with E-state index in [0.29, 0.717) is 19.5 Å². The number of carbonyl (C=O) groups excluding carboxylic acids is 2. The second-order valence-corrected chi connectivity index (χ2v) is 7.85. The van der Waals surface area contributed by atoms with Gasteiger partial charge in [0.05, 0.1) is 13.5 Å². The average Bonchev–Trinajstić information content (AvgIpc) is 2.65. The second-order valence-electron chi connectivity index (χ2n) is 7.85. The largest absolute Gasteiger partial charge is 0.508 e. The number of phenols is 1. The molecular formula is C23H29NO5. The minimum atomic E-state index is -0.614. The zero-order chi connectivity index (χ0) is 21.4. The smallest absolute Gasteiger partial charge is 0.410 e. The van der Waals surface area contributed by atoms with E-state index < -0.39 is 11.7 Å². The molecule has 0 saturated carbocycles. The molecule has 0 aromatic heterocycles. The summed E-state index contributed by atoms with van der Waals surface area (Å²) in [5.41, 5.74) is 1.85. The predicted molar refractivity (Wildman–Crippen MR) is 111 cm³/mol. The molecule has 29 heavy (non-hydrogen) atoms. The van der Waals surface area contributed by atoms with Crippen LogP contribution in [-0.4, -0.2) is 41.3 Å². The van der Waals surface area contributed by atoms with Crippen LogP contribution in [0.25, 0.3) is 0 Å². The molecule has 0 fully saturated rings. The quantitative estimate of drug-likeness (QED) is 0.710. The molecule has 0 spiro atoms. The van der Waals surface area contributed by atoms with Gasteiger partial charge in [-0.15, -0.1) is 0 Å². The summed E-state index contributed by atoms with van der Waals surface area (Å²) in [5.74, 6) is -0.109. The van der Waals surface area contributed by atoms with Gasteiger partial charge in [0.15, 0.2) is 0 Å². The lowest BCUT2D eigenvalue weighted by Gasteiger charge is -2.28. The van der Waals surface area contributed by atoms with Crippen LogP contribution in [0.1, 0.15) is 37.5 Å². The highest BCUT2D eigenvalue weighted by molar-refractivity contribution is 5.72. The molecule has 1 N–H and O–H groups in total. The van der Waals surface area contributed by atoms with E-state index in [4.69, 9.17) is 9.47 Å². The van der Waals surface area contributed by atoms with E-state index in [9.17, 15) is 14.7 Å². The first-order valence-electron chi connectivity index (χ1n) is 9.57. The van der Waals surface area contributed by atoms with E-state index in [0.717, 1.165) is 16.7 Å². The van der Waals surface area contributed by atoms with Crippen LogP contribution in [0.2, 0.25) is 0 Å². The SMILES string of the molecule is COC(=O)Cc1cccc(CN(CCc2ccccc2O)C(=O)OC(C)(C)C)c1. The first-order chi connectivity index (χ1) is 13.7. The van der Waals surface area contributed by atoms with Crippen molar-refractivity contribution in [1.82, 2.24) is 4.90 Å². The third-order valence-electron chi connectivity index (χ3n) is 4.24. The van der Waals surface area contributed by atoms with E-state index in [-0.39, 0.29) is 18.1 Å². The number of nitrogens with zero attached hydrogens (tertiary/aromatic N) is 1. The fourth-order valence-corrected chi connectivity index (χ4v) is 2.84. The Morgan fingerprint density at radius 1 is 1.03 bits per heavy atom. The number of methoxy groups -OCH3 is 1. The van der Waals surface area contributed by atoms with Crippen molar-refractivity contribution in [2.45, 2.75) is 45.8 Å². The summed E-state index contributed by atoms with van der Waals surface area (Å²) in [6, 6.07) is 14.6. The molecule has 1 amide bonds. The highest BCUT2D eigenvalue weighted by atomic mass is 16.6. The molecule has 2 aromatic carbocycles. The van der Waals surface area contributed by atoms with Crippen LogP contribution >= 0.6 is 0 Å². The lowest BCUT2D eigenvalue weighted by Crippen LogP contribution is -2.37. The molecule has 0 unspecified atom stereocenters. The van der Waals surface area contributed by atoms with Gasteiger partial charge in [0.2, 0.25) is 0 Å². The van der Waals surface area contributed by atoms with Crippen molar-refractivity contribution in [3.8, 4) is 5.75 Å². The third-order valence-corrected chi connectivity index (χ3v) is 4.24. The first kappa shape index (κ1) is 22.3. The number of para-hydroxylation sites is 1. The van der Waals surface area contributed by atoms with Gasteiger partial charge in [-0.3, -0.25) is 4.79 Å². The van der Waals surface area contributed by atoms with Crippen molar-refractivity contribution < 1.29 is 24.2 Å². The first-order valence-corrected chi connectivity index (χ1v) is 9.57. The molecule has 0 aliphatic rings. The van der Waals surface area contributed by atoms with Gasteiger partial charge in [-0.2, -0.15) is 0 Å². The second kappa shape index (κ2) is 9.96. The van der Waals surface area contributed by atoms with Gasteiger partial charge in [-0.1, -0.05) is 42.5 Å². The van der Waals surface area contributed by atoms with Crippen molar-refractivity contribution in [2.75, 3.05) is 13.7 Å². The van der Waals surface area contributed by atoms with Gasteiger partial charge in [0.1, 0.15) is 11.4 Å². The fourth-order valence-electron chi connectivity index (χ4n) is 2.84. The fraction of sp³-hybridized carbons (Fsp3) is 0.391. The lowest BCUT2D eigenvalue weighted by atomic mass is 10.1. The number of hydrogen-bond donors (Lipinski definition) is 1. The Kier molecular flexibility index (Phi) is 7.65. The van der Waals surface area contributed by atoms with Crippen LogP contribution in [0.15, 0.2) is 48.5 Å². The van der Waals surface area contributed by atoms with Gasteiger partial charge in [0.25, 0.3) is 0 Å². The highest BCUT2D eigenvalue weighted by Gasteiger charge is 2.22. The predicted octanol–water partition coefficient (Wildman–Crippen LogP) is 4.09. The van der Waals surface area contributed by atoms with Crippen molar-refractivity contribution in [3.63, 3.8) is 0 Å². The van der Waals surface area contributed by atoms with Gasteiger partial charge in [-0.25, -0.2) is 4.79 Å². The summed E-state index contributed by atoms with van der Waals surface area (Å²) in [5, 5.41) is 10.0. The van der Waals surface area contributed by atoms with Crippen LogP contribution in [0.4, 0.5) is 4.79 Å². The normalized spacial score (nSPS) is 11.0. The van der Waals surface area contributed by atoms with Crippen molar-refractivity contribution in [1.29, 1.82) is 0 Å². The monoisotopic (exact) mass is 399 g/mol. The average molecular weight is 399 g/mol. The summed E-state index contributed by atoms with van der Waals surface area (Å²) < 4.78 is 10.3. The molecule has 0 atom stereocenters. The Hall–Kier alpha value is -3.02. The van der Waals surface area contributed by atoms with E-state index in [2.05, 4.69) is 0 Å². The van der Waals surface area contributed by atoms with E-state index in [1.807, 2.05) is 57.2 Å². The van der Waals surface area contributed by atoms with Crippen LogP contribution in [0, 0.1) is 0 Å². The molecule has 6 nitrogen and oxygen atoms in total. The molecule has 0 aliphatic carbocycles. The Balaban J connectivity index is 2.16. The number of esters is 1. The summed E-state index contributed by atoms with van der Waals surface area (Å²) in [6.45, 7) is 6.18. The topological polar surface area (TPSA) is 76.1 Å². The molecule has 0 radical (unpaired) electrons. The number of phenolic OH excluding ortho intramolecular Hbond substituents is 1. The van der Waals surface area contributed by atoms with Crippen LogP contribution in [0.5, 0.6) is 5.75 Å². The van der Waals surface area contributed by atoms with Crippen LogP contribution in [0.3, 0.4) is 0 Å². The van der Waals surface area contributed by atoms with E-state index in [1.54, 1.807) is 17.0 Å².